The molecule has 10 rings (SSSR count). The van der Waals surface area contributed by atoms with Gasteiger partial charge in [0.15, 0.2) is 0 Å². The fourth-order valence-electron chi connectivity index (χ4n) is 7.67. The van der Waals surface area contributed by atoms with Gasteiger partial charge in [0, 0.05) is 44.7 Å². The van der Waals surface area contributed by atoms with E-state index in [1.165, 1.54) is 0 Å². The molecule has 3 aliphatic heterocycles. The van der Waals surface area contributed by atoms with Crippen LogP contribution in [-0.4, -0.2) is 21.3 Å². The molecule has 0 saturated carbocycles. The van der Waals surface area contributed by atoms with Crippen molar-refractivity contribution in [2.24, 2.45) is 9.98 Å². The maximum absolute atomic E-state index is 10.9. The number of hydrogen-bond acceptors (Lipinski definition) is 3. The average Bonchev–Trinajstić information content (AvgIpc) is 3.99. The number of H-pyrrole nitrogens is 1. The summed E-state index contributed by atoms with van der Waals surface area (Å²) in [5.41, 5.74) is 13.5. The first-order valence-corrected chi connectivity index (χ1v) is 16.7. The van der Waals surface area contributed by atoms with Crippen LogP contribution in [0.3, 0.4) is 0 Å². The summed E-state index contributed by atoms with van der Waals surface area (Å²) in [7, 11) is 0. The first-order valence-electron chi connectivity index (χ1n) is 16.7. The van der Waals surface area contributed by atoms with E-state index in [4.69, 9.17) is 9.98 Å². The summed E-state index contributed by atoms with van der Waals surface area (Å²) in [6, 6.07) is 52.8. The minimum absolute atomic E-state index is 0.535. The van der Waals surface area contributed by atoms with Crippen molar-refractivity contribution in [1.82, 2.24) is 9.38 Å². The van der Waals surface area contributed by atoms with Crippen LogP contribution in [0.4, 0.5) is 11.4 Å². The molecule has 0 radical (unpaired) electrons. The third-order valence-electron chi connectivity index (χ3n) is 9.80. The number of rotatable bonds is 4. The zero-order chi connectivity index (χ0) is 33.2. The summed E-state index contributed by atoms with van der Waals surface area (Å²) in [5, 5.41) is 13.8. The van der Waals surface area contributed by atoms with Gasteiger partial charge < -0.3 is 9.38 Å². The summed E-state index contributed by atoms with van der Waals surface area (Å²) >= 11 is 0. The third-order valence-corrected chi connectivity index (χ3v) is 9.80. The lowest BCUT2D eigenvalue weighted by atomic mass is 9.96. The third kappa shape index (κ3) is 4.12. The molecule has 4 aromatic carbocycles. The Morgan fingerprint density at radius 3 is 1.74 bits per heavy atom. The average molecular weight is 638 g/mol. The zero-order valence-corrected chi connectivity index (χ0v) is 26.8. The van der Waals surface area contributed by atoms with Gasteiger partial charge in [0.1, 0.15) is 6.07 Å². The minimum atomic E-state index is 0.535. The predicted molar refractivity (Wildman–Crippen MR) is 202 cm³/mol. The van der Waals surface area contributed by atoms with E-state index in [0.29, 0.717) is 11.3 Å². The van der Waals surface area contributed by atoms with Crippen molar-refractivity contribution in [3.63, 3.8) is 0 Å². The lowest BCUT2D eigenvalue weighted by molar-refractivity contribution is 1.11. The SMILES string of the molecule is N#Cc1c2c(-c3ccccc3)c3ccc4n3c3c(c(-c5ccccc5)c1N=C2)N=C(C=3)C(c1ccccc1)=c1ccc([nH]1)=C4c1ccccc1. The van der Waals surface area contributed by atoms with E-state index in [1.54, 1.807) is 0 Å². The number of hydrogen-bond donors (Lipinski definition) is 1. The van der Waals surface area contributed by atoms with Crippen molar-refractivity contribution in [2.45, 2.75) is 0 Å². The maximum atomic E-state index is 10.9. The Labute approximate surface area is 287 Å². The molecule has 3 aromatic heterocycles. The highest BCUT2D eigenvalue weighted by Gasteiger charge is 2.28. The number of aromatic amines is 1. The second-order valence-electron chi connectivity index (χ2n) is 12.6. The maximum Gasteiger partial charge on any atom is 0.102 e. The number of nitrogens with zero attached hydrogens (tertiary/aromatic N) is 4. The van der Waals surface area contributed by atoms with E-state index in [-0.39, 0.29) is 0 Å². The molecular formula is C45H27N5. The lowest BCUT2D eigenvalue weighted by Gasteiger charge is -2.12. The van der Waals surface area contributed by atoms with Crippen LogP contribution < -0.4 is 16.0 Å². The van der Waals surface area contributed by atoms with Crippen LogP contribution in [0.5, 0.6) is 0 Å². The Morgan fingerprint density at radius 2 is 1.12 bits per heavy atom. The fraction of sp³-hybridized carbons (Fsp3) is 0. The van der Waals surface area contributed by atoms with Gasteiger partial charge in [-0.05, 0) is 52.6 Å². The lowest BCUT2D eigenvalue weighted by Crippen LogP contribution is -2.23. The summed E-state index contributed by atoms with van der Waals surface area (Å²) in [5.74, 6) is 0. The van der Waals surface area contributed by atoms with Crippen molar-refractivity contribution in [3.8, 4) is 28.3 Å². The van der Waals surface area contributed by atoms with Gasteiger partial charge in [-0.15, -0.1) is 0 Å². The Morgan fingerprint density at radius 1 is 0.560 bits per heavy atom. The standard InChI is InChI=1S/C45H27N5/c46-26-32-33-27-47-44(32)43(31-19-11-4-12-20-31)45-39-25-36(49-45)41(29-15-7-2-8-16-29)34-21-22-35(48-34)42(30-17-9-3-10-18-30)38-24-23-37(50(38)39)40(33)28-13-5-1-6-14-28/h1-25,27,48H. The second-order valence-corrected chi connectivity index (χ2v) is 12.6. The van der Waals surface area contributed by atoms with E-state index in [9.17, 15) is 5.26 Å². The molecule has 0 saturated heterocycles. The smallest absolute Gasteiger partial charge is 0.102 e. The molecule has 3 aliphatic rings. The van der Waals surface area contributed by atoms with Gasteiger partial charge in [-0.2, -0.15) is 5.26 Å². The van der Waals surface area contributed by atoms with E-state index in [0.717, 1.165) is 88.7 Å². The first kappa shape index (κ1) is 28.0. The van der Waals surface area contributed by atoms with E-state index < -0.39 is 0 Å². The second kappa shape index (κ2) is 11.0. The van der Waals surface area contributed by atoms with Crippen LogP contribution in [0, 0.1) is 11.3 Å². The number of nitrogens with one attached hydrogen (secondary N) is 1. The van der Waals surface area contributed by atoms with Crippen molar-refractivity contribution >= 4 is 46.0 Å². The molecule has 0 atom stereocenters. The molecule has 232 valence electrons. The molecule has 0 amide bonds. The largest absolute Gasteiger partial charge is 0.354 e. The van der Waals surface area contributed by atoms with Gasteiger partial charge in [-0.3, -0.25) is 4.99 Å². The van der Waals surface area contributed by atoms with Crippen molar-refractivity contribution in [1.29, 1.82) is 5.26 Å². The molecule has 6 heterocycles. The van der Waals surface area contributed by atoms with Crippen LogP contribution in [0.25, 0.3) is 45.0 Å². The van der Waals surface area contributed by atoms with Crippen LogP contribution in [0.15, 0.2) is 156 Å². The van der Waals surface area contributed by atoms with Crippen LogP contribution in [0.1, 0.15) is 27.9 Å². The molecule has 5 heteroatoms. The Balaban J connectivity index is 1.52. The first-order chi connectivity index (χ1) is 24.8. The van der Waals surface area contributed by atoms with E-state index in [1.807, 2.05) is 48.7 Å². The molecule has 5 nitrogen and oxygen atoms in total. The number of aromatic nitrogens is 2. The molecule has 1 N–H and O–H groups in total. The van der Waals surface area contributed by atoms with Gasteiger partial charge in [0.25, 0.3) is 0 Å². The fourth-order valence-corrected chi connectivity index (χ4v) is 7.67. The molecule has 0 spiro atoms. The molecule has 6 bridgehead atoms. The molecular weight excluding hydrogens is 611 g/mol. The van der Waals surface area contributed by atoms with Gasteiger partial charge in [0.05, 0.1) is 39.2 Å². The molecule has 50 heavy (non-hydrogen) atoms. The topological polar surface area (TPSA) is 68.7 Å². The zero-order valence-electron chi connectivity index (χ0n) is 26.8. The Hall–Kier alpha value is -7.03. The highest BCUT2D eigenvalue weighted by molar-refractivity contribution is 6.39. The van der Waals surface area contributed by atoms with Crippen LogP contribution in [0.2, 0.25) is 0 Å². The monoisotopic (exact) mass is 637 g/mol. The van der Waals surface area contributed by atoms with Gasteiger partial charge >= 0.3 is 0 Å². The summed E-state index contributed by atoms with van der Waals surface area (Å²) in [4.78, 5) is 14.4. The van der Waals surface area contributed by atoms with E-state index >= 15 is 0 Å². The number of benzene rings is 4. The van der Waals surface area contributed by atoms with Crippen LogP contribution in [-0.2, 0) is 0 Å². The highest BCUT2D eigenvalue weighted by atomic mass is 15.0. The number of fused-ring (bicyclic) bond motifs is 5. The Kier molecular flexibility index (Phi) is 6.17. The van der Waals surface area contributed by atoms with Crippen molar-refractivity contribution < 1.29 is 0 Å². The van der Waals surface area contributed by atoms with E-state index in [2.05, 4.69) is 125 Å². The normalized spacial score (nSPS) is 13.3. The number of nitriles is 1. The van der Waals surface area contributed by atoms with Crippen molar-refractivity contribution in [2.75, 3.05) is 0 Å². The van der Waals surface area contributed by atoms with Gasteiger partial charge in [-0.1, -0.05) is 121 Å². The van der Waals surface area contributed by atoms with Gasteiger partial charge in [0.2, 0.25) is 0 Å². The molecule has 7 aromatic rings. The van der Waals surface area contributed by atoms with Gasteiger partial charge in [-0.25, -0.2) is 4.99 Å². The Bertz CT molecular complexity index is 2890. The quantitative estimate of drug-likeness (QED) is 0.211. The minimum Gasteiger partial charge on any atom is -0.354 e. The summed E-state index contributed by atoms with van der Waals surface area (Å²) < 4.78 is 2.35. The molecule has 0 unspecified atom stereocenters. The van der Waals surface area contributed by atoms with Crippen LogP contribution >= 0.6 is 0 Å². The summed E-state index contributed by atoms with van der Waals surface area (Å²) in [6.45, 7) is 0. The highest BCUT2D eigenvalue weighted by Crippen LogP contribution is 2.45. The molecule has 0 fully saturated rings. The summed E-state index contributed by atoms with van der Waals surface area (Å²) in [6.07, 6.45) is 4.08. The predicted octanol–water partition coefficient (Wildman–Crippen LogP) is 7.71. The van der Waals surface area contributed by atoms with Crippen molar-refractivity contribution in [3.05, 3.63) is 190 Å². The molecule has 0 aliphatic carbocycles. The number of aliphatic imine (C=N–C) groups is 2.